The number of H-pyrrole nitrogens is 1. The Labute approximate surface area is 132 Å². The summed E-state index contributed by atoms with van der Waals surface area (Å²) < 4.78 is 19.2. The zero-order chi connectivity index (χ0) is 17.0. The molecular formula is C15H17FN4O3. The van der Waals surface area contributed by atoms with Gasteiger partial charge < -0.3 is 15.5 Å². The molecule has 0 aliphatic heterocycles. The summed E-state index contributed by atoms with van der Waals surface area (Å²) in [7, 11) is 0. The molecule has 0 unspecified atom stereocenters. The molecule has 5 N–H and O–H groups in total. The summed E-state index contributed by atoms with van der Waals surface area (Å²) in [5.74, 6) is 4.71. The van der Waals surface area contributed by atoms with Gasteiger partial charge in [0.25, 0.3) is 5.91 Å². The number of carbonyl (C=O) groups is 2. The fraction of sp³-hybridized carbons (Fsp3) is 0.200. The fourth-order valence-corrected chi connectivity index (χ4v) is 2.08. The first-order valence-corrected chi connectivity index (χ1v) is 6.92. The van der Waals surface area contributed by atoms with Gasteiger partial charge in [0, 0.05) is 5.56 Å². The van der Waals surface area contributed by atoms with Gasteiger partial charge in [0.2, 0.25) is 6.41 Å². The zero-order valence-corrected chi connectivity index (χ0v) is 12.5. The standard InChI is InChI=1S/C15H17FN4O3/c1-2-5-23-13-4-3-9(16)6-10(13)12-7-11(14(17)22)15(19-12)20(18)8-21/h3-4,6-8,19H,2,5,18H2,1H3,(H2,17,22). The van der Waals surface area contributed by atoms with E-state index in [1.807, 2.05) is 6.92 Å². The van der Waals surface area contributed by atoms with Gasteiger partial charge in [-0.3, -0.25) is 9.59 Å². The van der Waals surface area contributed by atoms with E-state index in [2.05, 4.69) is 4.98 Å². The van der Waals surface area contributed by atoms with Crippen molar-refractivity contribution in [2.45, 2.75) is 13.3 Å². The van der Waals surface area contributed by atoms with Crippen LogP contribution in [0.15, 0.2) is 24.3 Å². The van der Waals surface area contributed by atoms with Gasteiger partial charge in [-0.25, -0.2) is 15.2 Å². The van der Waals surface area contributed by atoms with Crippen molar-refractivity contribution in [3.05, 3.63) is 35.6 Å². The number of hydrogen-bond acceptors (Lipinski definition) is 4. The van der Waals surface area contributed by atoms with Gasteiger partial charge in [-0.1, -0.05) is 6.92 Å². The number of rotatable bonds is 7. The van der Waals surface area contributed by atoms with Crippen LogP contribution < -0.4 is 21.3 Å². The number of halogens is 1. The molecule has 2 rings (SSSR count). The number of aromatic amines is 1. The van der Waals surface area contributed by atoms with Crippen LogP contribution in [0.4, 0.5) is 10.2 Å². The number of primary amides is 1. The number of hydrogen-bond donors (Lipinski definition) is 3. The highest BCUT2D eigenvalue weighted by molar-refractivity contribution is 6.01. The smallest absolute Gasteiger partial charge is 0.252 e. The maximum absolute atomic E-state index is 13.6. The molecule has 2 amide bonds. The van der Waals surface area contributed by atoms with E-state index in [0.29, 0.717) is 35.0 Å². The maximum Gasteiger partial charge on any atom is 0.252 e. The van der Waals surface area contributed by atoms with E-state index < -0.39 is 11.7 Å². The third-order valence-electron chi connectivity index (χ3n) is 3.13. The van der Waals surface area contributed by atoms with Crippen molar-refractivity contribution in [3.63, 3.8) is 0 Å². The average Bonchev–Trinajstić information content (AvgIpc) is 2.98. The molecule has 122 valence electrons. The van der Waals surface area contributed by atoms with Crippen LogP contribution in [-0.2, 0) is 4.79 Å². The van der Waals surface area contributed by atoms with Gasteiger partial charge in [0.15, 0.2) is 0 Å². The van der Waals surface area contributed by atoms with Crippen molar-refractivity contribution < 1.29 is 18.7 Å². The Morgan fingerprint density at radius 1 is 1.43 bits per heavy atom. The Balaban J connectivity index is 2.55. The highest BCUT2D eigenvalue weighted by Crippen LogP contribution is 2.33. The SMILES string of the molecule is CCCOc1ccc(F)cc1-c1cc(C(N)=O)c(N(N)C=O)[nH]1. The van der Waals surface area contributed by atoms with Crippen molar-refractivity contribution >= 4 is 18.1 Å². The molecule has 1 heterocycles. The summed E-state index contributed by atoms with van der Waals surface area (Å²) in [5, 5.41) is 0.690. The van der Waals surface area contributed by atoms with Gasteiger partial charge >= 0.3 is 0 Å². The predicted octanol–water partition coefficient (Wildman–Crippen LogP) is 1.54. The first kappa shape index (κ1) is 16.5. The Bertz CT molecular complexity index is 730. The van der Waals surface area contributed by atoms with Gasteiger partial charge in [-0.15, -0.1) is 0 Å². The maximum atomic E-state index is 13.6. The molecule has 8 heteroatoms. The van der Waals surface area contributed by atoms with Crippen LogP contribution >= 0.6 is 0 Å². The first-order chi connectivity index (χ1) is 11.0. The molecule has 2 aromatic rings. The number of hydrazine groups is 1. The summed E-state index contributed by atoms with van der Waals surface area (Å²) in [5.41, 5.74) is 6.05. The second-order valence-corrected chi connectivity index (χ2v) is 4.81. The lowest BCUT2D eigenvalue weighted by Crippen LogP contribution is -2.31. The molecule has 1 aromatic heterocycles. The van der Waals surface area contributed by atoms with E-state index in [0.717, 1.165) is 6.42 Å². The second kappa shape index (κ2) is 6.93. The third kappa shape index (κ3) is 3.49. The van der Waals surface area contributed by atoms with Crippen molar-refractivity contribution in [1.29, 1.82) is 0 Å². The van der Waals surface area contributed by atoms with E-state index in [-0.39, 0.29) is 11.4 Å². The number of nitrogens with two attached hydrogens (primary N) is 2. The lowest BCUT2D eigenvalue weighted by molar-refractivity contribution is -0.107. The van der Waals surface area contributed by atoms with Gasteiger partial charge in [0.05, 0.1) is 17.9 Å². The minimum Gasteiger partial charge on any atom is -0.493 e. The van der Waals surface area contributed by atoms with Crippen molar-refractivity contribution in [3.8, 4) is 17.0 Å². The van der Waals surface area contributed by atoms with Crippen LogP contribution in [0.1, 0.15) is 23.7 Å². The number of nitrogens with one attached hydrogen (secondary N) is 1. The van der Waals surface area contributed by atoms with Crippen LogP contribution in [0, 0.1) is 5.82 Å². The third-order valence-corrected chi connectivity index (χ3v) is 3.13. The summed E-state index contributed by atoms with van der Waals surface area (Å²) in [6.07, 6.45) is 1.10. The molecular weight excluding hydrogens is 303 g/mol. The molecule has 7 nitrogen and oxygen atoms in total. The topological polar surface area (TPSA) is 114 Å². The van der Waals surface area contributed by atoms with Crippen LogP contribution in [0.2, 0.25) is 0 Å². The van der Waals surface area contributed by atoms with E-state index in [9.17, 15) is 14.0 Å². The molecule has 0 aliphatic carbocycles. The molecule has 0 spiro atoms. The average molecular weight is 320 g/mol. The molecule has 0 saturated heterocycles. The minimum atomic E-state index is -0.771. The highest BCUT2D eigenvalue weighted by atomic mass is 19.1. The largest absolute Gasteiger partial charge is 0.493 e. The highest BCUT2D eigenvalue weighted by Gasteiger charge is 2.19. The summed E-state index contributed by atoms with van der Waals surface area (Å²) in [6, 6.07) is 5.42. The number of anilines is 1. The molecule has 0 atom stereocenters. The number of nitrogens with zero attached hydrogens (tertiary/aromatic N) is 1. The molecule has 0 fully saturated rings. The monoisotopic (exact) mass is 320 g/mol. The first-order valence-electron chi connectivity index (χ1n) is 6.92. The van der Waals surface area contributed by atoms with Crippen LogP contribution in [0.5, 0.6) is 5.75 Å². The predicted molar refractivity (Wildman–Crippen MR) is 83.2 cm³/mol. The van der Waals surface area contributed by atoms with Crippen LogP contribution in [0.25, 0.3) is 11.3 Å². The molecule has 0 aliphatic rings. The van der Waals surface area contributed by atoms with Gasteiger partial charge in [0.1, 0.15) is 17.4 Å². The van der Waals surface area contributed by atoms with E-state index >= 15 is 0 Å². The van der Waals surface area contributed by atoms with Crippen LogP contribution in [-0.4, -0.2) is 23.9 Å². The molecule has 0 radical (unpaired) electrons. The van der Waals surface area contributed by atoms with Gasteiger partial charge in [-0.2, -0.15) is 0 Å². The van der Waals surface area contributed by atoms with Gasteiger partial charge in [-0.05, 0) is 30.7 Å². The number of ether oxygens (including phenoxy) is 1. The zero-order valence-electron chi connectivity index (χ0n) is 12.5. The lowest BCUT2D eigenvalue weighted by Gasteiger charge is -2.11. The molecule has 0 saturated carbocycles. The normalized spacial score (nSPS) is 10.4. The Morgan fingerprint density at radius 3 is 2.78 bits per heavy atom. The molecule has 23 heavy (non-hydrogen) atoms. The number of carbonyl (C=O) groups excluding carboxylic acids is 2. The summed E-state index contributed by atoms with van der Waals surface area (Å²) in [4.78, 5) is 25.1. The minimum absolute atomic E-state index is 0.0142. The Kier molecular flexibility index (Phi) is 4.97. The number of amides is 2. The van der Waals surface area contributed by atoms with Crippen molar-refractivity contribution in [1.82, 2.24) is 4.98 Å². The second-order valence-electron chi connectivity index (χ2n) is 4.81. The Morgan fingerprint density at radius 2 is 2.17 bits per heavy atom. The van der Waals surface area contributed by atoms with E-state index in [1.165, 1.54) is 24.3 Å². The van der Waals surface area contributed by atoms with Crippen molar-refractivity contribution in [2.24, 2.45) is 11.6 Å². The van der Waals surface area contributed by atoms with E-state index in [4.69, 9.17) is 16.3 Å². The van der Waals surface area contributed by atoms with Crippen molar-refractivity contribution in [2.75, 3.05) is 11.6 Å². The number of aromatic nitrogens is 1. The summed E-state index contributed by atoms with van der Waals surface area (Å²) in [6.45, 7) is 2.39. The molecule has 0 bridgehead atoms. The Hall–Kier alpha value is -2.87. The molecule has 1 aromatic carbocycles. The van der Waals surface area contributed by atoms with Crippen LogP contribution in [0.3, 0.4) is 0 Å². The fourth-order valence-electron chi connectivity index (χ4n) is 2.08. The lowest BCUT2D eigenvalue weighted by atomic mass is 10.1. The summed E-state index contributed by atoms with van der Waals surface area (Å²) >= 11 is 0. The quantitative estimate of drug-likeness (QED) is 0.311. The van der Waals surface area contributed by atoms with E-state index in [1.54, 1.807) is 0 Å². The number of benzene rings is 1.